The fourth-order valence-electron chi connectivity index (χ4n) is 4.36. The molecule has 174 valence electrons. The Bertz CT molecular complexity index is 1460. The number of para-hydroxylation sites is 1. The zero-order chi connectivity index (χ0) is 24.5. The molecule has 1 N–H and O–H groups in total. The van der Waals surface area contributed by atoms with E-state index in [9.17, 15) is 14.4 Å². The molecule has 0 aliphatic carbocycles. The van der Waals surface area contributed by atoms with Crippen LogP contribution in [0, 0.1) is 0 Å². The van der Waals surface area contributed by atoms with Crippen molar-refractivity contribution in [2.24, 2.45) is 0 Å². The summed E-state index contributed by atoms with van der Waals surface area (Å²) in [5, 5.41) is 3.23. The molecule has 0 saturated carbocycles. The Labute approximate surface area is 203 Å². The van der Waals surface area contributed by atoms with Crippen molar-refractivity contribution in [2.45, 2.75) is 26.3 Å². The lowest BCUT2D eigenvalue weighted by Crippen LogP contribution is -2.54. The quantitative estimate of drug-likeness (QED) is 0.315. The first-order valence-corrected chi connectivity index (χ1v) is 11.6. The minimum Gasteiger partial charge on any atom is -0.342 e. The van der Waals surface area contributed by atoms with Gasteiger partial charge in [-0.25, -0.2) is 9.69 Å². The topological polar surface area (TPSA) is 71.4 Å². The maximum absolute atomic E-state index is 13.4. The lowest BCUT2D eigenvalue weighted by atomic mass is 10.0. The van der Waals surface area contributed by atoms with Crippen LogP contribution in [-0.2, 0) is 16.1 Å². The number of nitrogens with one attached hydrogen (secondary N) is 1. The molecule has 0 atom stereocenters. The SMILES string of the molecule is CC(C)c1ccc(N2C(=O)NC(=O)C(=Cc3cn(Cc4ccccc4)c4ccccc34)C2=O)cc1. The van der Waals surface area contributed by atoms with E-state index in [1.165, 1.54) is 0 Å². The minimum absolute atomic E-state index is 0.0832. The number of hydrogen-bond acceptors (Lipinski definition) is 3. The number of imide groups is 2. The highest BCUT2D eigenvalue weighted by atomic mass is 16.2. The molecular weight excluding hydrogens is 438 g/mol. The molecule has 2 heterocycles. The van der Waals surface area contributed by atoms with Crippen molar-refractivity contribution >= 4 is 40.5 Å². The summed E-state index contributed by atoms with van der Waals surface area (Å²) in [5.74, 6) is -1.02. The standard InChI is InChI=1S/C29H25N3O3/c1-19(2)21-12-14-23(15-13-21)32-28(34)25(27(33)30-29(32)35)16-22-18-31(17-20-8-4-3-5-9-20)26-11-7-6-10-24(22)26/h3-16,18-19H,17H2,1-2H3,(H,30,33,35). The number of barbiturate groups is 1. The highest BCUT2D eigenvalue weighted by molar-refractivity contribution is 6.39. The van der Waals surface area contributed by atoms with E-state index in [4.69, 9.17) is 0 Å². The molecule has 5 rings (SSSR count). The minimum atomic E-state index is -0.749. The van der Waals surface area contributed by atoms with Crippen LogP contribution in [0.1, 0.15) is 36.5 Å². The number of urea groups is 1. The van der Waals surface area contributed by atoms with Crippen molar-refractivity contribution in [3.63, 3.8) is 0 Å². The van der Waals surface area contributed by atoms with Crippen LogP contribution in [0.15, 0.2) is 90.6 Å². The summed E-state index contributed by atoms with van der Waals surface area (Å²) in [5.41, 5.74) is 4.29. The number of benzene rings is 3. The molecule has 6 nitrogen and oxygen atoms in total. The van der Waals surface area contributed by atoms with Crippen molar-refractivity contribution in [3.05, 3.63) is 107 Å². The Hall–Kier alpha value is -4.45. The van der Waals surface area contributed by atoms with Crippen molar-refractivity contribution in [1.82, 2.24) is 9.88 Å². The van der Waals surface area contributed by atoms with Gasteiger partial charge in [-0.2, -0.15) is 0 Å². The highest BCUT2D eigenvalue weighted by Crippen LogP contribution is 2.28. The molecule has 1 aromatic heterocycles. The van der Waals surface area contributed by atoms with Gasteiger partial charge in [0, 0.05) is 29.2 Å². The van der Waals surface area contributed by atoms with Crippen LogP contribution >= 0.6 is 0 Å². The van der Waals surface area contributed by atoms with Crippen LogP contribution in [0.5, 0.6) is 0 Å². The molecule has 4 aromatic rings. The highest BCUT2D eigenvalue weighted by Gasteiger charge is 2.37. The van der Waals surface area contributed by atoms with Gasteiger partial charge in [0.05, 0.1) is 5.69 Å². The average Bonchev–Trinajstić information content (AvgIpc) is 3.19. The second-order valence-electron chi connectivity index (χ2n) is 8.92. The van der Waals surface area contributed by atoms with Gasteiger partial charge in [0.1, 0.15) is 5.57 Å². The third-order valence-corrected chi connectivity index (χ3v) is 6.23. The van der Waals surface area contributed by atoms with E-state index in [2.05, 4.69) is 35.9 Å². The molecule has 4 amide bonds. The van der Waals surface area contributed by atoms with Crippen LogP contribution in [0.2, 0.25) is 0 Å². The number of aromatic nitrogens is 1. The molecule has 3 aromatic carbocycles. The lowest BCUT2D eigenvalue weighted by molar-refractivity contribution is -0.122. The summed E-state index contributed by atoms with van der Waals surface area (Å²) in [6.07, 6.45) is 3.51. The number of rotatable bonds is 5. The van der Waals surface area contributed by atoms with Crippen LogP contribution in [0.25, 0.3) is 17.0 Å². The molecule has 1 aliphatic heterocycles. The van der Waals surface area contributed by atoms with Crippen molar-refractivity contribution in [1.29, 1.82) is 0 Å². The predicted molar refractivity (Wildman–Crippen MR) is 137 cm³/mol. The van der Waals surface area contributed by atoms with Gasteiger partial charge < -0.3 is 4.57 Å². The van der Waals surface area contributed by atoms with E-state index in [0.29, 0.717) is 18.2 Å². The number of carbonyl (C=O) groups is 3. The maximum Gasteiger partial charge on any atom is 0.335 e. The van der Waals surface area contributed by atoms with Crippen LogP contribution in [0.3, 0.4) is 0 Å². The molecule has 1 aliphatic rings. The fraction of sp³-hybridized carbons (Fsp3) is 0.138. The number of nitrogens with zero attached hydrogens (tertiary/aromatic N) is 2. The van der Waals surface area contributed by atoms with Crippen LogP contribution in [-0.4, -0.2) is 22.4 Å². The predicted octanol–water partition coefficient (Wildman–Crippen LogP) is 5.48. The zero-order valence-corrected chi connectivity index (χ0v) is 19.6. The lowest BCUT2D eigenvalue weighted by Gasteiger charge is -2.26. The number of anilines is 1. The van der Waals surface area contributed by atoms with Gasteiger partial charge in [0.15, 0.2) is 0 Å². The molecule has 0 bridgehead atoms. The Balaban J connectivity index is 1.54. The van der Waals surface area contributed by atoms with E-state index in [1.54, 1.807) is 18.2 Å². The normalized spacial score (nSPS) is 15.3. The number of carbonyl (C=O) groups excluding carboxylic acids is 3. The third-order valence-electron chi connectivity index (χ3n) is 6.23. The third kappa shape index (κ3) is 4.26. The van der Waals surface area contributed by atoms with Gasteiger partial charge in [0.2, 0.25) is 0 Å². The van der Waals surface area contributed by atoms with Gasteiger partial charge in [-0.15, -0.1) is 0 Å². The largest absolute Gasteiger partial charge is 0.342 e. The second kappa shape index (κ2) is 9.06. The Morgan fingerprint density at radius 1 is 0.857 bits per heavy atom. The summed E-state index contributed by atoms with van der Waals surface area (Å²) >= 11 is 0. The molecule has 0 unspecified atom stereocenters. The van der Waals surface area contributed by atoms with Crippen LogP contribution < -0.4 is 10.2 Å². The molecule has 1 saturated heterocycles. The zero-order valence-electron chi connectivity index (χ0n) is 19.6. The number of fused-ring (bicyclic) bond motifs is 1. The Morgan fingerprint density at radius 2 is 1.54 bits per heavy atom. The van der Waals surface area contributed by atoms with E-state index < -0.39 is 17.8 Å². The Kier molecular flexibility index (Phi) is 5.79. The van der Waals surface area contributed by atoms with Gasteiger partial charge >= 0.3 is 6.03 Å². The molecule has 1 fully saturated rings. The first kappa shape index (κ1) is 22.3. The summed E-state index contributed by atoms with van der Waals surface area (Å²) in [6, 6.07) is 24.4. The molecule has 0 spiro atoms. The van der Waals surface area contributed by atoms with E-state index in [-0.39, 0.29) is 5.57 Å². The van der Waals surface area contributed by atoms with E-state index in [0.717, 1.165) is 32.5 Å². The maximum atomic E-state index is 13.4. The summed E-state index contributed by atoms with van der Waals surface area (Å²) in [6.45, 7) is 4.79. The first-order valence-electron chi connectivity index (χ1n) is 11.6. The van der Waals surface area contributed by atoms with Gasteiger partial charge in [-0.3, -0.25) is 14.9 Å². The fourth-order valence-corrected chi connectivity index (χ4v) is 4.36. The first-order chi connectivity index (χ1) is 16.9. The van der Waals surface area contributed by atoms with E-state index in [1.807, 2.05) is 60.8 Å². The van der Waals surface area contributed by atoms with Gasteiger partial charge in [0.25, 0.3) is 11.8 Å². The summed E-state index contributed by atoms with van der Waals surface area (Å²) < 4.78 is 2.09. The summed E-state index contributed by atoms with van der Waals surface area (Å²) in [4.78, 5) is 39.7. The molecule has 6 heteroatoms. The van der Waals surface area contributed by atoms with Crippen molar-refractivity contribution < 1.29 is 14.4 Å². The summed E-state index contributed by atoms with van der Waals surface area (Å²) in [7, 11) is 0. The van der Waals surface area contributed by atoms with E-state index >= 15 is 0 Å². The molecule has 35 heavy (non-hydrogen) atoms. The smallest absolute Gasteiger partial charge is 0.335 e. The van der Waals surface area contributed by atoms with Crippen molar-refractivity contribution in [3.8, 4) is 0 Å². The number of hydrogen-bond donors (Lipinski definition) is 1. The van der Waals surface area contributed by atoms with Crippen molar-refractivity contribution in [2.75, 3.05) is 4.90 Å². The van der Waals surface area contributed by atoms with Gasteiger partial charge in [-0.1, -0.05) is 74.5 Å². The average molecular weight is 464 g/mol. The molecular formula is C29H25N3O3. The monoisotopic (exact) mass is 463 g/mol. The molecule has 0 radical (unpaired) electrons. The Morgan fingerprint density at radius 3 is 2.26 bits per heavy atom. The number of amides is 4. The second-order valence-corrected chi connectivity index (χ2v) is 8.92. The van der Waals surface area contributed by atoms with Gasteiger partial charge in [-0.05, 0) is 41.3 Å². The van der Waals surface area contributed by atoms with Crippen LogP contribution in [0.4, 0.5) is 10.5 Å².